The monoisotopic (exact) mass is 204 g/mol. The van der Waals surface area contributed by atoms with E-state index in [-0.39, 0.29) is 12.8 Å². The molecule has 5 heteroatoms. The minimum atomic E-state index is -2.37. The Morgan fingerprint density at radius 1 is 1.36 bits per heavy atom. The lowest BCUT2D eigenvalue weighted by atomic mass is 10.2. The number of rotatable bonds is 6. The summed E-state index contributed by atoms with van der Waals surface area (Å²) in [7, 11) is 0. The van der Waals surface area contributed by atoms with E-state index in [0.717, 1.165) is 6.42 Å². The van der Waals surface area contributed by atoms with Crippen molar-refractivity contribution >= 4 is 11.9 Å². The first kappa shape index (κ1) is 12.9. The van der Waals surface area contributed by atoms with Crippen LogP contribution in [0.1, 0.15) is 39.5 Å². The van der Waals surface area contributed by atoms with Gasteiger partial charge in [0.1, 0.15) is 0 Å². The van der Waals surface area contributed by atoms with Crippen LogP contribution in [0.15, 0.2) is 0 Å². The van der Waals surface area contributed by atoms with Gasteiger partial charge in [-0.1, -0.05) is 20.3 Å². The Bertz CT molecular complexity index is 213. The first-order valence-corrected chi connectivity index (χ1v) is 4.64. The number of carboxylic acid groups (broad SMARTS) is 1. The summed E-state index contributed by atoms with van der Waals surface area (Å²) in [4.78, 5) is 21.6. The molecule has 0 rings (SSSR count). The summed E-state index contributed by atoms with van der Waals surface area (Å²) < 4.78 is 4.47. The number of hydrogen-bond donors (Lipinski definition) is 2. The van der Waals surface area contributed by atoms with Crippen LogP contribution in [-0.4, -0.2) is 27.9 Å². The Labute approximate surface area is 82.7 Å². The predicted molar refractivity (Wildman–Crippen MR) is 48.5 cm³/mol. The van der Waals surface area contributed by atoms with E-state index in [2.05, 4.69) is 4.74 Å². The zero-order valence-electron chi connectivity index (χ0n) is 8.45. The van der Waals surface area contributed by atoms with Gasteiger partial charge < -0.3 is 14.9 Å². The molecule has 14 heavy (non-hydrogen) atoms. The average Bonchev–Trinajstić information content (AvgIpc) is 2.14. The van der Waals surface area contributed by atoms with Crippen LogP contribution < -0.4 is 0 Å². The molecule has 0 bridgehead atoms. The van der Waals surface area contributed by atoms with Crippen molar-refractivity contribution in [1.29, 1.82) is 0 Å². The molecule has 1 atom stereocenters. The van der Waals surface area contributed by atoms with Crippen LogP contribution in [0.25, 0.3) is 0 Å². The molecular formula is C9H16O5. The Morgan fingerprint density at radius 3 is 2.29 bits per heavy atom. The molecule has 0 fully saturated rings. The molecule has 0 spiro atoms. The summed E-state index contributed by atoms with van der Waals surface area (Å²) in [5.41, 5.74) is 0. The van der Waals surface area contributed by atoms with E-state index in [1.54, 1.807) is 0 Å². The minimum absolute atomic E-state index is 0.131. The SMILES string of the molecule is CCCCC(=O)OC(O)(CC)C(=O)O. The lowest BCUT2D eigenvalue weighted by Crippen LogP contribution is -2.42. The highest BCUT2D eigenvalue weighted by atomic mass is 16.7. The number of ether oxygens (including phenoxy) is 1. The maximum absolute atomic E-state index is 11.0. The fourth-order valence-corrected chi connectivity index (χ4v) is 0.828. The van der Waals surface area contributed by atoms with Crippen LogP contribution in [0.2, 0.25) is 0 Å². The first-order valence-electron chi connectivity index (χ1n) is 4.64. The van der Waals surface area contributed by atoms with Crippen LogP contribution in [0, 0.1) is 0 Å². The highest BCUT2D eigenvalue weighted by Crippen LogP contribution is 2.14. The fraction of sp³-hybridized carbons (Fsp3) is 0.778. The second kappa shape index (κ2) is 5.59. The van der Waals surface area contributed by atoms with Crippen molar-refractivity contribution in [3.05, 3.63) is 0 Å². The van der Waals surface area contributed by atoms with Crippen molar-refractivity contribution in [2.75, 3.05) is 0 Å². The molecule has 0 amide bonds. The lowest BCUT2D eigenvalue weighted by Gasteiger charge is -2.21. The van der Waals surface area contributed by atoms with Crippen molar-refractivity contribution in [3.63, 3.8) is 0 Å². The molecule has 0 saturated carbocycles. The number of carbonyl (C=O) groups is 2. The summed E-state index contributed by atoms with van der Waals surface area (Å²) >= 11 is 0. The van der Waals surface area contributed by atoms with E-state index in [9.17, 15) is 14.7 Å². The highest BCUT2D eigenvalue weighted by molar-refractivity contribution is 5.80. The summed E-state index contributed by atoms with van der Waals surface area (Å²) in [6.07, 6.45) is 1.40. The van der Waals surface area contributed by atoms with Crippen LogP contribution in [0.4, 0.5) is 0 Å². The normalized spacial score (nSPS) is 14.5. The smallest absolute Gasteiger partial charge is 0.377 e. The molecule has 1 unspecified atom stereocenters. The van der Waals surface area contributed by atoms with Gasteiger partial charge in [-0.15, -0.1) is 0 Å². The fourth-order valence-electron chi connectivity index (χ4n) is 0.828. The molecule has 82 valence electrons. The van der Waals surface area contributed by atoms with Gasteiger partial charge in [-0.25, -0.2) is 4.79 Å². The number of carboxylic acids is 1. The molecule has 2 N–H and O–H groups in total. The number of unbranched alkanes of at least 4 members (excludes halogenated alkanes) is 1. The maximum Gasteiger partial charge on any atom is 0.377 e. The molecule has 5 nitrogen and oxygen atoms in total. The summed E-state index contributed by atoms with van der Waals surface area (Å²) in [5, 5.41) is 17.9. The number of hydrogen-bond acceptors (Lipinski definition) is 4. The van der Waals surface area contributed by atoms with E-state index in [1.807, 2.05) is 6.92 Å². The highest BCUT2D eigenvalue weighted by Gasteiger charge is 2.38. The van der Waals surface area contributed by atoms with E-state index in [1.165, 1.54) is 6.92 Å². The third kappa shape index (κ3) is 3.74. The van der Waals surface area contributed by atoms with Gasteiger partial charge in [0.25, 0.3) is 0 Å². The zero-order valence-corrected chi connectivity index (χ0v) is 8.45. The molecule has 0 aromatic heterocycles. The number of carbonyl (C=O) groups excluding carboxylic acids is 1. The van der Waals surface area contributed by atoms with Crippen LogP contribution in [0.5, 0.6) is 0 Å². The third-order valence-corrected chi connectivity index (χ3v) is 1.83. The van der Waals surface area contributed by atoms with Crippen molar-refractivity contribution in [2.45, 2.75) is 45.3 Å². The van der Waals surface area contributed by atoms with Crippen molar-refractivity contribution in [3.8, 4) is 0 Å². The summed E-state index contributed by atoms with van der Waals surface area (Å²) in [6, 6.07) is 0. The second-order valence-electron chi connectivity index (χ2n) is 3.02. The Kier molecular flexibility index (Phi) is 5.15. The maximum atomic E-state index is 11.0. The van der Waals surface area contributed by atoms with E-state index < -0.39 is 17.7 Å². The molecular weight excluding hydrogens is 188 g/mol. The Morgan fingerprint density at radius 2 is 1.93 bits per heavy atom. The van der Waals surface area contributed by atoms with Gasteiger partial charge in [0.05, 0.1) is 0 Å². The topological polar surface area (TPSA) is 83.8 Å². The molecule has 0 aromatic carbocycles. The van der Waals surface area contributed by atoms with Crippen molar-refractivity contribution in [1.82, 2.24) is 0 Å². The second-order valence-corrected chi connectivity index (χ2v) is 3.02. The standard InChI is InChI=1S/C9H16O5/c1-3-5-6-7(10)14-9(13,4-2)8(11)12/h13H,3-6H2,1-2H3,(H,11,12). The van der Waals surface area contributed by atoms with Gasteiger partial charge in [0, 0.05) is 12.8 Å². The molecule has 0 saturated heterocycles. The van der Waals surface area contributed by atoms with Gasteiger partial charge in [-0.05, 0) is 6.42 Å². The molecule has 0 heterocycles. The molecule has 0 aliphatic carbocycles. The largest absolute Gasteiger partial charge is 0.476 e. The van der Waals surface area contributed by atoms with E-state index >= 15 is 0 Å². The average molecular weight is 204 g/mol. The zero-order chi connectivity index (χ0) is 11.2. The molecule has 0 aromatic rings. The Hall–Kier alpha value is -1.10. The van der Waals surface area contributed by atoms with E-state index in [4.69, 9.17) is 5.11 Å². The lowest BCUT2D eigenvalue weighted by molar-refractivity contribution is -0.224. The summed E-state index contributed by atoms with van der Waals surface area (Å²) in [6.45, 7) is 3.33. The summed E-state index contributed by atoms with van der Waals surface area (Å²) in [5.74, 6) is -4.59. The minimum Gasteiger partial charge on any atom is -0.476 e. The predicted octanol–water partition coefficient (Wildman–Crippen LogP) is 0.903. The molecule has 0 aliphatic rings. The quantitative estimate of drug-likeness (QED) is 0.496. The van der Waals surface area contributed by atoms with Gasteiger partial charge >= 0.3 is 17.7 Å². The van der Waals surface area contributed by atoms with E-state index in [0.29, 0.717) is 6.42 Å². The van der Waals surface area contributed by atoms with Crippen LogP contribution in [-0.2, 0) is 14.3 Å². The van der Waals surface area contributed by atoms with Gasteiger partial charge in [-0.3, -0.25) is 4.79 Å². The number of aliphatic carboxylic acids is 1. The first-order chi connectivity index (χ1) is 6.46. The molecule has 0 radical (unpaired) electrons. The third-order valence-electron chi connectivity index (χ3n) is 1.83. The van der Waals surface area contributed by atoms with Gasteiger partial charge in [0.15, 0.2) is 0 Å². The Balaban J connectivity index is 4.18. The van der Waals surface area contributed by atoms with Crippen LogP contribution in [0.3, 0.4) is 0 Å². The van der Waals surface area contributed by atoms with Gasteiger partial charge in [0.2, 0.25) is 0 Å². The van der Waals surface area contributed by atoms with Crippen molar-refractivity contribution < 1.29 is 24.5 Å². The van der Waals surface area contributed by atoms with Crippen molar-refractivity contribution in [2.24, 2.45) is 0 Å². The number of esters is 1. The van der Waals surface area contributed by atoms with Crippen LogP contribution >= 0.6 is 0 Å². The van der Waals surface area contributed by atoms with Gasteiger partial charge in [-0.2, -0.15) is 0 Å². The molecule has 0 aliphatic heterocycles. The number of aliphatic hydroxyl groups is 1.